The zero-order chi connectivity index (χ0) is 21.0. The monoisotopic (exact) mass is 398 g/mol. The van der Waals surface area contributed by atoms with Gasteiger partial charge in [0.15, 0.2) is 0 Å². The maximum atomic E-state index is 13.1. The number of rotatable bonds is 8. The van der Waals surface area contributed by atoms with Crippen LogP contribution in [0.15, 0.2) is 45.6 Å². The lowest BCUT2D eigenvalue weighted by Gasteiger charge is -2.11. The normalized spacial score (nSPS) is 11.0. The van der Waals surface area contributed by atoms with Gasteiger partial charge in [-0.05, 0) is 30.5 Å². The number of phenols is 3. The fourth-order valence-corrected chi connectivity index (χ4v) is 3.34. The van der Waals surface area contributed by atoms with Crippen molar-refractivity contribution in [3.8, 4) is 28.4 Å². The van der Waals surface area contributed by atoms with Crippen LogP contribution in [0.5, 0.6) is 17.2 Å². The number of benzene rings is 2. The van der Waals surface area contributed by atoms with E-state index in [0.717, 1.165) is 18.9 Å². The average molecular weight is 398 g/mol. The van der Waals surface area contributed by atoms with Crippen molar-refractivity contribution < 1.29 is 29.6 Å². The molecule has 0 aliphatic carbocycles. The van der Waals surface area contributed by atoms with Crippen LogP contribution in [0.4, 0.5) is 0 Å². The molecule has 2 aromatic carbocycles. The predicted octanol–water partition coefficient (Wildman–Crippen LogP) is 4.15. The zero-order valence-electron chi connectivity index (χ0n) is 15.7. The smallest absolute Gasteiger partial charge is 0.303 e. The number of hydrogen-bond donors (Lipinski definition) is 4. The minimum absolute atomic E-state index is 0.0175. The van der Waals surface area contributed by atoms with Crippen molar-refractivity contribution in [1.82, 2.24) is 0 Å². The maximum absolute atomic E-state index is 13.1. The van der Waals surface area contributed by atoms with E-state index in [1.807, 2.05) is 0 Å². The summed E-state index contributed by atoms with van der Waals surface area (Å²) in [7, 11) is 0. The van der Waals surface area contributed by atoms with Crippen LogP contribution in [0.2, 0.25) is 0 Å². The zero-order valence-corrected chi connectivity index (χ0v) is 15.7. The topological polar surface area (TPSA) is 128 Å². The van der Waals surface area contributed by atoms with Gasteiger partial charge in [-0.25, -0.2) is 0 Å². The molecule has 0 radical (unpaired) electrons. The van der Waals surface area contributed by atoms with Gasteiger partial charge in [0.05, 0.1) is 5.56 Å². The van der Waals surface area contributed by atoms with E-state index in [4.69, 9.17) is 9.52 Å². The van der Waals surface area contributed by atoms with Gasteiger partial charge in [0.2, 0.25) is 5.43 Å². The molecule has 1 aromatic heterocycles. The summed E-state index contributed by atoms with van der Waals surface area (Å²) in [6, 6.07) is 8.49. The maximum Gasteiger partial charge on any atom is 0.303 e. The number of carboxylic acid groups (broad SMARTS) is 1. The predicted molar refractivity (Wildman–Crippen MR) is 107 cm³/mol. The van der Waals surface area contributed by atoms with E-state index < -0.39 is 11.4 Å². The highest BCUT2D eigenvalue weighted by atomic mass is 16.4. The first-order chi connectivity index (χ1) is 13.9. The van der Waals surface area contributed by atoms with Crippen LogP contribution >= 0.6 is 0 Å². The molecule has 3 aromatic rings. The van der Waals surface area contributed by atoms with Gasteiger partial charge in [0, 0.05) is 25.0 Å². The Balaban J connectivity index is 1.97. The van der Waals surface area contributed by atoms with Gasteiger partial charge in [0.1, 0.15) is 34.0 Å². The molecule has 0 unspecified atom stereocenters. The van der Waals surface area contributed by atoms with Gasteiger partial charge in [0.25, 0.3) is 0 Å². The number of aromatic hydroxyl groups is 3. The minimum atomic E-state index is -0.820. The third kappa shape index (κ3) is 4.68. The van der Waals surface area contributed by atoms with Crippen LogP contribution < -0.4 is 5.43 Å². The van der Waals surface area contributed by atoms with E-state index >= 15 is 0 Å². The lowest BCUT2D eigenvalue weighted by molar-refractivity contribution is -0.137. The number of aryl methyl sites for hydroxylation is 1. The van der Waals surface area contributed by atoms with E-state index in [-0.39, 0.29) is 34.6 Å². The number of carbonyl (C=O) groups is 1. The lowest BCUT2D eigenvalue weighted by atomic mass is 9.98. The second kappa shape index (κ2) is 8.68. The molecule has 0 spiro atoms. The Kier molecular flexibility index (Phi) is 6.07. The van der Waals surface area contributed by atoms with Crippen LogP contribution in [0.3, 0.4) is 0 Å². The molecular weight excluding hydrogens is 376 g/mol. The fraction of sp³-hybridized carbons (Fsp3) is 0.273. The van der Waals surface area contributed by atoms with Crippen molar-refractivity contribution in [2.24, 2.45) is 0 Å². The number of hydrogen-bond acceptors (Lipinski definition) is 6. The van der Waals surface area contributed by atoms with Crippen molar-refractivity contribution >= 4 is 16.9 Å². The van der Waals surface area contributed by atoms with E-state index in [1.54, 1.807) is 12.1 Å². The Labute approximate surface area is 166 Å². The largest absolute Gasteiger partial charge is 0.508 e. The second-order valence-corrected chi connectivity index (χ2v) is 6.92. The molecule has 0 atom stereocenters. The van der Waals surface area contributed by atoms with Crippen LogP contribution in [0, 0.1) is 0 Å². The summed E-state index contributed by atoms with van der Waals surface area (Å²) in [5, 5.41) is 38.1. The minimum Gasteiger partial charge on any atom is -0.508 e. The molecule has 7 heteroatoms. The SMILES string of the molecule is O=C(O)CCCCCCc1oc2cc(O)cc(O)c2c(=O)c1-c1ccc(O)cc1. The third-order valence-electron chi connectivity index (χ3n) is 4.73. The van der Waals surface area contributed by atoms with Crippen LogP contribution in [-0.4, -0.2) is 26.4 Å². The molecule has 0 saturated carbocycles. The summed E-state index contributed by atoms with van der Waals surface area (Å²) < 4.78 is 5.89. The van der Waals surface area contributed by atoms with Crippen LogP contribution in [0.25, 0.3) is 22.1 Å². The number of carboxylic acids is 1. The Morgan fingerprint density at radius 2 is 1.59 bits per heavy atom. The molecule has 4 N–H and O–H groups in total. The first-order valence-electron chi connectivity index (χ1n) is 9.39. The third-order valence-corrected chi connectivity index (χ3v) is 4.73. The molecule has 0 aliphatic heterocycles. The van der Waals surface area contributed by atoms with Gasteiger partial charge in [-0.1, -0.05) is 25.0 Å². The average Bonchev–Trinajstić information content (AvgIpc) is 2.64. The molecule has 0 saturated heterocycles. The quantitative estimate of drug-likeness (QED) is 0.420. The lowest BCUT2D eigenvalue weighted by Crippen LogP contribution is -2.09. The van der Waals surface area contributed by atoms with Crippen LogP contribution in [-0.2, 0) is 11.2 Å². The number of unbranched alkanes of at least 4 members (excludes halogenated alkanes) is 3. The first kappa shape index (κ1) is 20.3. The standard InChI is InChI=1S/C22H22O7/c23-14-9-7-13(8-10-14)20-17(5-3-1-2-4-6-19(26)27)29-18-12-15(24)11-16(25)21(18)22(20)28/h7-12,23-25H,1-6H2,(H,26,27). The van der Waals surface area contributed by atoms with Gasteiger partial charge in [-0.3, -0.25) is 9.59 Å². The van der Waals surface area contributed by atoms with E-state index in [1.165, 1.54) is 18.2 Å². The molecule has 29 heavy (non-hydrogen) atoms. The van der Waals surface area contributed by atoms with Crippen LogP contribution in [0.1, 0.15) is 37.9 Å². The second-order valence-electron chi connectivity index (χ2n) is 6.92. The van der Waals surface area contributed by atoms with Crippen molar-refractivity contribution in [3.05, 3.63) is 52.4 Å². The molecule has 0 bridgehead atoms. The molecule has 7 nitrogen and oxygen atoms in total. The first-order valence-corrected chi connectivity index (χ1v) is 9.39. The number of phenolic OH excluding ortho intramolecular Hbond substituents is 3. The Hall–Kier alpha value is -3.48. The molecule has 152 valence electrons. The van der Waals surface area contributed by atoms with E-state index in [0.29, 0.717) is 36.1 Å². The van der Waals surface area contributed by atoms with Gasteiger partial charge < -0.3 is 24.8 Å². The highest BCUT2D eigenvalue weighted by Gasteiger charge is 2.19. The summed E-state index contributed by atoms with van der Waals surface area (Å²) in [6.07, 6.45) is 3.36. The summed E-state index contributed by atoms with van der Waals surface area (Å²) in [6.45, 7) is 0. The van der Waals surface area contributed by atoms with E-state index in [9.17, 15) is 24.9 Å². The molecule has 0 fully saturated rings. The van der Waals surface area contributed by atoms with Gasteiger partial charge in [-0.15, -0.1) is 0 Å². The molecule has 0 amide bonds. The summed E-state index contributed by atoms with van der Waals surface area (Å²) in [4.78, 5) is 23.7. The van der Waals surface area contributed by atoms with Crippen molar-refractivity contribution in [1.29, 1.82) is 0 Å². The number of fused-ring (bicyclic) bond motifs is 1. The Morgan fingerprint density at radius 3 is 2.28 bits per heavy atom. The van der Waals surface area contributed by atoms with Gasteiger partial charge >= 0.3 is 5.97 Å². The van der Waals surface area contributed by atoms with E-state index in [2.05, 4.69) is 0 Å². The summed E-state index contributed by atoms with van der Waals surface area (Å²) in [5.74, 6) is -0.924. The molecule has 3 rings (SSSR count). The summed E-state index contributed by atoms with van der Waals surface area (Å²) >= 11 is 0. The molecular formula is C22H22O7. The number of aliphatic carboxylic acids is 1. The van der Waals surface area contributed by atoms with Crippen molar-refractivity contribution in [2.75, 3.05) is 0 Å². The highest BCUT2D eigenvalue weighted by Crippen LogP contribution is 2.33. The molecule has 0 aliphatic rings. The van der Waals surface area contributed by atoms with Crippen molar-refractivity contribution in [3.63, 3.8) is 0 Å². The molecule has 1 heterocycles. The van der Waals surface area contributed by atoms with Crippen molar-refractivity contribution in [2.45, 2.75) is 38.5 Å². The summed E-state index contributed by atoms with van der Waals surface area (Å²) in [5.41, 5.74) is 0.516. The highest BCUT2D eigenvalue weighted by molar-refractivity contribution is 5.88. The van der Waals surface area contributed by atoms with Gasteiger partial charge in [-0.2, -0.15) is 0 Å². The Morgan fingerprint density at radius 1 is 0.897 bits per heavy atom. The Bertz CT molecular complexity index is 1080. The fourth-order valence-electron chi connectivity index (χ4n) is 3.34.